The number of nitrogens with zero attached hydrogens (tertiary/aromatic N) is 2. The third-order valence-electron chi connectivity index (χ3n) is 3.62. The Morgan fingerprint density at radius 3 is 2.80 bits per heavy atom. The van der Waals surface area contributed by atoms with Crippen molar-refractivity contribution in [3.8, 4) is 0 Å². The van der Waals surface area contributed by atoms with Gasteiger partial charge in [-0.15, -0.1) is 0 Å². The van der Waals surface area contributed by atoms with Crippen molar-refractivity contribution in [3.63, 3.8) is 0 Å². The van der Waals surface area contributed by atoms with Gasteiger partial charge in [0, 0.05) is 44.0 Å². The Kier molecular flexibility index (Phi) is 5.22. The number of rotatable bonds is 8. The molecule has 0 radical (unpaired) electrons. The fraction of sp³-hybridized carbons (Fsp3) is 0.812. The Morgan fingerprint density at radius 1 is 1.40 bits per heavy atom. The van der Waals surface area contributed by atoms with Crippen LogP contribution in [-0.2, 0) is 23.7 Å². The molecule has 4 heteroatoms. The van der Waals surface area contributed by atoms with Gasteiger partial charge in [0.15, 0.2) is 0 Å². The maximum Gasteiger partial charge on any atom is 0.0722 e. The van der Waals surface area contributed by atoms with E-state index in [-0.39, 0.29) is 5.41 Å². The van der Waals surface area contributed by atoms with E-state index in [2.05, 4.69) is 37.4 Å². The highest BCUT2D eigenvalue weighted by atomic mass is 16.5. The van der Waals surface area contributed by atoms with Crippen LogP contribution in [0.3, 0.4) is 0 Å². The Hall–Kier alpha value is -0.870. The molecule has 0 amide bonds. The van der Waals surface area contributed by atoms with Gasteiger partial charge in [-0.2, -0.15) is 5.10 Å². The quantitative estimate of drug-likeness (QED) is 0.744. The summed E-state index contributed by atoms with van der Waals surface area (Å²) in [6.07, 6.45) is 5.94. The van der Waals surface area contributed by atoms with Crippen molar-refractivity contribution < 1.29 is 4.74 Å². The normalized spacial score (nSPS) is 15.8. The lowest BCUT2D eigenvalue weighted by Gasteiger charge is -2.17. The Bertz CT molecular complexity index is 416. The van der Waals surface area contributed by atoms with Crippen LogP contribution < -0.4 is 5.32 Å². The molecule has 1 heterocycles. The van der Waals surface area contributed by atoms with E-state index in [0.717, 1.165) is 38.6 Å². The molecule has 1 aromatic rings. The molecule has 1 N–H and O–H groups in total. The molecule has 1 aliphatic carbocycles. The zero-order chi connectivity index (χ0) is 14.6. The highest BCUT2D eigenvalue weighted by Crippen LogP contribution is 2.28. The SMILES string of the molecule is Cn1cc(CNCCCOCC2CC2)c(C(C)(C)C)n1. The Morgan fingerprint density at radius 2 is 2.15 bits per heavy atom. The van der Waals surface area contributed by atoms with Crippen LogP contribution in [0.2, 0.25) is 0 Å². The van der Waals surface area contributed by atoms with Crippen molar-refractivity contribution in [2.45, 2.75) is 52.0 Å². The Labute approximate surface area is 122 Å². The predicted molar refractivity (Wildman–Crippen MR) is 81.8 cm³/mol. The predicted octanol–water partition coefficient (Wildman–Crippen LogP) is 2.62. The van der Waals surface area contributed by atoms with Crippen molar-refractivity contribution in [1.29, 1.82) is 0 Å². The van der Waals surface area contributed by atoms with Crippen LogP contribution >= 0.6 is 0 Å². The van der Waals surface area contributed by atoms with Crippen molar-refractivity contribution in [2.24, 2.45) is 13.0 Å². The highest BCUT2D eigenvalue weighted by Gasteiger charge is 2.22. The molecule has 1 saturated carbocycles. The molecule has 1 aromatic heterocycles. The van der Waals surface area contributed by atoms with Gasteiger partial charge >= 0.3 is 0 Å². The van der Waals surface area contributed by atoms with Crippen LogP contribution in [0.5, 0.6) is 0 Å². The average molecular weight is 279 g/mol. The van der Waals surface area contributed by atoms with E-state index in [1.165, 1.54) is 24.1 Å². The van der Waals surface area contributed by atoms with Gasteiger partial charge in [-0.05, 0) is 31.7 Å². The lowest BCUT2D eigenvalue weighted by atomic mass is 9.89. The van der Waals surface area contributed by atoms with Gasteiger partial charge in [0.05, 0.1) is 5.69 Å². The van der Waals surface area contributed by atoms with Gasteiger partial charge in [0.25, 0.3) is 0 Å². The first-order valence-electron chi connectivity index (χ1n) is 7.78. The number of hydrogen-bond acceptors (Lipinski definition) is 3. The number of aromatic nitrogens is 2. The van der Waals surface area contributed by atoms with Crippen LogP contribution in [0.15, 0.2) is 6.20 Å². The van der Waals surface area contributed by atoms with Gasteiger partial charge < -0.3 is 10.1 Å². The molecule has 0 bridgehead atoms. The van der Waals surface area contributed by atoms with E-state index in [1.54, 1.807) is 0 Å². The summed E-state index contributed by atoms with van der Waals surface area (Å²) in [4.78, 5) is 0. The van der Waals surface area contributed by atoms with Crippen LogP contribution in [0.4, 0.5) is 0 Å². The van der Waals surface area contributed by atoms with Crippen LogP contribution in [0, 0.1) is 5.92 Å². The van der Waals surface area contributed by atoms with E-state index < -0.39 is 0 Å². The lowest BCUT2D eigenvalue weighted by Crippen LogP contribution is -2.20. The van der Waals surface area contributed by atoms with Crippen molar-refractivity contribution >= 4 is 0 Å². The minimum atomic E-state index is 0.103. The fourth-order valence-electron chi connectivity index (χ4n) is 2.36. The fourth-order valence-corrected chi connectivity index (χ4v) is 2.36. The van der Waals surface area contributed by atoms with Gasteiger partial charge in [0.2, 0.25) is 0 Å². The topological polar surface area (TPSA) is 39.1 Å². The van der Waals surface area contributed by atoms with Gasteiger partial charge in [-0.25, -0.2) is 0 Å². The number of aryl methyl sites for hydroxylation is 1. The molecule has 0 aromatic carbocycles. The van der Waals surface area contributed by atoms with Crippen molar-refractivity contribution in [1.82, 2.24) is 15.1 Å². The minimum absolute atomic E-state index is 0.103. The molecular formula is C16H29N3O. The summed E-state index contributed by atoms with van der Waals surface area (Å²) in [6, 6.07) is 0. The molecule has 0 saturated heterocycles. The molecule has 20 heavy (non-hydrogen) atoms. The zero-order valence-electron chi connectivity index (χ0n) is 13.4. The largest absolute Gasteiger partial charge is 0.381 e. The number of nitrogens with one attached hydrogen (secondary N) is 1. The molecule has 4 nitrogen and oxygen atoms in total. The number of ether oxygens (including phenoxy) is 1. The zero-order valence-corrected chi connectivity index (χ0v) is 13.4. The third-order valence-corrected chi connectivity index (χ3v) is 3.62. The second-order valence-corrected chi connectivity index (χ2v) is 6.98. The minimum Gasteiger partial charge on any atom is -0.381 e. The molecular weight excluding hydrogens is 250 g/mol. The first-order valence-corrected chi connectivity index (χ1v) is 7.78. The molecule has 0 unspecified atom stereocenters. The molecule has 114 valence electrons. The molecule has 0 atom stereocenters. The molecule has 2 rings (SSSR count). The van der Waals surface area contributed by atoms with Crippen molar-refractivity contribution in [3.05, 3.63) is 17.5 Å². The molecule has 1 aliphatic rings. The maximum absolute atomic E-state index is 5.64. The summed E-state index contributed by atoms with van der Waals surface area (Å²) in [5.41, 5.74) is 2.60. The first kappa shape index (κ1) is 15.5. The molecule has 0 aliphatic heterocycles. The summed E-state index contributed by atoms with van der Waals surface area (Å²) in [5, 5.41) is 8.09. The van der Waals surface area contributed by atoms with E-state index in [0.29, 0.717) is 0 Å². The maximum atomic E-state index is 5.64. The van der Waals surface area contributed by atoms with Crippen LogP contribution in [0.25, 0.3) is 0 Å². The summed E-state index contributed by atoms with van der Waals surface area (Å²) in [6.45, 7) is 10.4. The van der Waals surface area contributed by atoms with E-state index in [9.17, 15) is 0 Å². The van der Waals surface area contributed by atoms with E-state index >= 15 is 0 Å². The molecule has 0 spiro atoms. The smallest absolute Gasteiger partial charge is 0.0722 e. The summed E-state index contributed by atoms with van der Waals surface area (Å²) in [7, 11) is 1.99. The third kappa shape index (κ3) is 4.91. The monoisotopic (exact) mass is 279 g/mol. The van der Waals surface area contributed by atoms with Crippen LogP contribution in [-0.4, -0.2) is 29.5 Å². The lowest BCUT2D eigenvalue weighted by molar-refractivity contribution is 0.122. The van der Waals surface area contributed by atoms with E-state index in [1.807, 2.05) is 11.7 Å². The second-order valence-electron chi connectivity index (χ2n) is 6.98. The van der Waals surface area contributed by atoms with Gasteiger partial charge in [-0.3, -0.25) is 4.68 Å². The highest BCUT2D eigenvalue weighted by molar-refractivity contribution is 5.23. The van der Waals surface area contributed by atoms with Crippen molar-refractivity contribution in [2.75, 3.05) is 19.8 Å². The first-order chi connectivity index (χ1) is 9.47. The number of hydrogen-bond donors (Lipinski definition) is 1. The van der Waals surface area contributed by atoms with Gasteiger partial charge in [0.1, 0.15) is 0 Å². The average Bonchev–Trinajstić information content (AvgIpc) is 3.09. The van der Waals surface area contributed by atoms with Crippen LogP contribution in [0.1, 0.15) is 51.3 Å². The summed E-state index contributed by atoms with van der Waals surface area (Å²) in [5.74, 6) is 0.868. The standard InChI is InChI=1S/C16H29N3O/c1-16(2,3)15-14(11-19(4)18-15)10-17-8-5-9-20-12-13-6-7-13/h11,13,17H,5-10,12H2,1-4H3. The molecule has 1 fully saturated rings. The Balaban J connectivity index is 1.65. The second kappa shape index (κ2) is 6.72. The van der Waals surface area contributed by atoms with E-state index in [4.69, 9.17) is 4.74 Å². The summed E-state index contributed by atoms with van der Waals surface area (Å²) >= 11 is 0. The van der Waals surface area contributed by atoms with Gasteiger partial charge in [-0.1, -0.05) is 20.8 Å². The summed E-state index contributed by atoms with van der Waals surface area (Å²) < 4.78 is 7.55.